The van der Waals surface area contributed by atoms with Crippen molar-refractivity contribution in [2.75, 3.05) is 13.2 Å². The number of rotatable bonds is 7. The number of nitrogens with zero attached hydrogens (tertiary/aromatic N) is 3. The second-order valence-corrected chi connectivity index (χ2v) is 7.44. The van der Waals surface area contributed by atoms with Gasteiger partial charge in [-0.25, -0.2) is 9.59 Å². The molecule has 4 rings (SSSR count). The molecule has 0 saturated heterocycles. The van der Waals surface area contributed by atoms with Gasteiger partial charge in [-0.3, -0.25) is 0 Å². The zero-order valence-corrected chi connectivity index (χ0v) is 25.8. The Morgan fingerprint density at radius 2 is 1.60 bits per heavy atom. The molecule has 9 nitrogen and oxygen atoms in total. The first kappa shape index (κ1) is 32.8. The molecule has 12 heteroatoms. The number of carbonyl (C=O) groups excluding carboxylic acids is 1. The van der Waals surface area contributed by atoms with Crippen LogP contribution in [0.3, 0.4) is 0 Å². The summed E-state index contributed by atoms with van der Waals surface area (Å²) in [4.78, 5) is 22.7. The van der Waals surface area contributed by atoms with Gasteiger partial charge in [0.05, 0.1) is 0 Å². The van der Waals surface area contributed by atoms with Gasteiger partial charge in [0, 0.05) is 71.9 Å². The number of carboxylic acid groups (broad SMARTS) is 1. The van der Waals surface area contributed by atoms with E-state index in [1.807, 2.05) is 32.3 Å². The zero-order chi connectivity index (χ0) is 23.6. The minimum atomic E-state index is -0.935. The van der Waals surface area contributed by atoms with Gasteiger partial charge >= 0.3 is 11.9 Å². The maximum Gasteiger partial charge on any atom is 0.333 e. The molecule has 2 aromatic heterocycles. The summed E-state index contributed by atoms with van der Waals surface area (Å²) in [5.74, 6) is -0.827. The van der Waals surface area contributed by atoms with Gasteiger partial charge in [-0.2, -0.15) is 0 Å². The summed E-state index contributed by atoms with van der Waals surface area (Å²) in [6, 6.07) is 10.6. The molecule has 0 bridgehead atoms. The molecule has 2 aromatic carbocycles. The maximum absolute atomic E-state index is 11.3. The van der Waals surface area contributed by atoms with E-state index in [-0.39, 0.29) is 81.6 Å². The van der Waals surface area contributed by atoms with Crippen LogP contribution in [0.25, 0.3) is 16.7 Å². The zero-order valence-electron chi connectivity index (χ0n) is 19.5. The summed E-state index contributed by atoms with van der Waals surface area (Å²) in [6.45, 7) is 9.98. The van der Waals surface area contributed by atoms with Gasteiger partial charge in [0.2, 0.25) is 0 Å². The number of carbonyl (C=O) groups is 2. The average molecular weight is 764 g/mol. The number of phenolic OH excluding ortho intramolecular Hbond substituents is 1. The van der Waals surface area contributed by atoms with Crippen LogP contribution in [-0.4, -0.2) is 49.4 Å². The summed E-state index contributed by atoms with van der Waals surface area (Å²) < 4.78 is 14.3. The molecular formula is C23H25ClN3O6UV-. The first-order chi connectivity index (χ1) is 15.1. The predicted molar refractivity (Wildman–Crippen MR) is 126 cm³/mol. The van der Waals surface area contributed by atoms with Crippen LogP contribution in [0.2, 0.25) is 5.02 Å². The van der Waals surface area contributed by atoms with Crippen LogP contribution in [0.15, 0.2) is 60.7 Å². The first-order valence-corrected chi connectivity index (χ1v) is 9.86. The first-order valence-electron chi connectivity index (χ1n) is 9.48. The van der Waals surface area contributed by atoms with E-state index in [4.69, 9.17) is 26.2 Å². The third kappa shape index (κ3) is 7.63. The van der Waals surface area contributed by atoms with Crippen LogP contribution in [-0.2, 0) is 32.9 Å². The normalized spacial score (nSPS) is 9.80. The van der Waals surface area contributed by atoms with Crippen LogP contribution in [0, 0.1) is 38.5 Å². The van der Waals surface area contributed by atoms with Crippen molar-refractivity contribution in [3.8, 4) is 17.2 Å². The molecule has 35 heavy (non-hydrogen) atoms. The van der Waals surface area contributed by atoms with E-state index in [1.165, 1.54) is 13.0 Å². The predicted octanol–water partition coefficient (Wildman–Crippen LogP) is 4.37. The van der Waals surface area contributed by atoms with E-state index in [0.29, 0.717) is 22.0 Å². The van der Waals surface area contributed by atoms with Gasteiger partial charge in [-0.1, -0.05) is 24.8 Å². The van der Waals surface area contributed by atoms with E-state index in [1.54, 1.807) is 19.1 Å². The quantitative estimate of drug-likeness (QED) is 0.126. The molecule has 4 aromatic rings. The number of carboxylic acids is 1. The summed E-state index contributed by atoms with van der Waals surface area (Å²) in [6.07, 6.45) is 0. The number of ether oxygens (including phenoxy) is 2. The van der Waals surface area contributed by atoms with Crippen LogP contribution in [0.5, 0.6) is 11.5 Å². The van der Waals surface area contributed by atoms with Gasteiger partial charge in [-0.15, -0.1) is 14.1 Å². The standard InChI is InChI=1S/C18H16ClN3O4.C4H6O2.CH3.U.V/c1-11(2)18(24)26-8-7-25-13-4-6-15(17(23)10-13)21-20-14-5-3-12(19)9-16(14)22(20)21;1-3(2)4(5)6;;;/h3-6,9-10,23H,1,7-8H2,2H3;1H2,2H3,(H,5,6);1H3;;/q;;-1;;. The Balaban J connectivity index is 0.00000115. The van der Waals surface area contributed by atoms with Crippen molar-refractivity contribution in [3.05, 3.63) is 73.2 Å². The topological polar surface area (TPSA) is 107 Å². The Bertz CT molecular complexity index is 1310. The van der Waals surface area contributed by atoms with E-state index in [0.717, 1.165) is 11.0 Å². The third-order valence-electron chi connectivity index (χ3n) is 4.34. The van der Waals surface area contributed by atoms with E-state index < -0.39 is 11.9 Å². The molecule has 0 atom stereocenters. The van der Waals surface area contributed by atoms with E-state index >= 15 is 0 Å². The van der Waals surface area contributed by atoms with Crippen molar-refractivity contribution in [1.82, 2.24) is 14.1 Å². The molecule has 0 aliphatic carbocycles. The number of aliphatic carboxylic acids is 1. The Labute approximate surface area is 243 Å². The van der Waals surface area contributed by atoms with Crippen molar-refractivity contribution in [3.63, 3.8) is 0 Å². The number of aromatic hydroxyl groups is 1. The number of aromatic nitrogens is 3. The van der Waals surface area contributed by atoms with Crippen molar-refractivity contribution in [2.45, 2.75) is 13.8 Å². The van der Waals surface area contributed by atoms with Crippen molar-refractivity contribution in [2.24, 2.45) is 0 Å². The smallest absolute Gasteiger partial charge is 0.333 e. The van der Waals surface area contributed by atoms with Crippen molar-refractivity contribution >= 4 is 34.6 Å². The van der Waals surface area contributed by atoms with Crippen LogP contribution >= 0.6 is 11.6 Å². The van der Waals surface area contributed by atoms with Gasteiger partial charge in [0.1, 0.15) is 41.4 Å². The number of hydrogen-bond acceptors (Lipinski definition) is 5. The Hall–Kier alpha value is -2.21. The summed E-state index contributed by atoms with van der Waals surface area (Å²) in [5, 5.41) is 18.9. The SMILES string of the molecule is C=C(C)C(=O)O.C=C(C)C(=O)OCCOc1ccc(-n2n3c4ccc(Cl)cc4n23)c(O)c1.[CH3-].[U].[V]. The molecule has 0 saturated carbocycles. The molecule has 0 spiro atoms. The molecule has 0 unspecified atom stereocenters. The largest absolute Gasteiger partial charge is 0.505 e. The van der Waals surface area contributed by atoms with Crippen LogP contribution in [0.4, 0.5) is 0 Å². The van der Waals surface area contributed by atoms with Gasteiger partial charge in [-0.05, 0) is 44.2 Å². The van der Waals surface area contributed by atoms with Gasteiger partial charge in [0.15, 0.2) is 0 Å². The van der Waals surface area contributed by atoms with E-state index in [2.05, 4.69) is 13.2 Å². The monoisotopic (exact) mass is 763 g/mol. The molecule has 1 radical (unpaired) electrons. The van der Waals surface area contributed by atoms with E-state index in [9.17, 15) is 14.7 Å². The molecule has 2 N–H and O–H groups in total. The van der Waals surface area contributed by atoms with Crippen molar-refractivity contribution < 1.29 is 78.9 Å². The molecule has 185 valence electrons. The molecule has 0 aliphatic rings. The molecule has 0 amide bonds. The van der Waals surface area contributed by atoms with Crippen LogP contribution in [0.1, 0.15) is 13.8 Å². The number of fused-ring (bicyclic) bond motifs is 4. The third-order valence-corrected chi connectivity index (χ3v) is 4.57. The number of phenols is 1. The maximum atomic E-state index is 11.3. The Kier molecular flexibility index (Phi) is 12.9. The average Bonchev–Trinajstić information content (AvgIpc) is 3.38. The van der Waals surface area contributed by atoms with Gasteiger partial charge < -0.3 is 27.1 Å². The number of hydrogen-bond donors (Lipinski definition) is 2. The fraction of sp³-hybridized carbons (Fsp3) is 0.174. The van der Waals surface area contributed by atoms with Gasteiger partial charge in [0.25, 0.3) is 0 Å². The van der Waals surface area contributed by atoms with Crippen LogP contribution < -0.4 is 4.74 Å². The number of halogens is 1. The Morgan fingerprint density at radius 1 is 1.00 bits per heavy atom. The summed E-state index contributed by atoms with van der Waals surface area (Å²) in [7, 11) is 0. The minimum Gasteiger partial charge on any atom is -0.505 e. The summed E-state index contributed by atoms with van der Waals surface area (Å²) in [5.41, 5.74) is 3.14. The fourth-order valence-corrected chi connectivity index (χ4v) is 2.87. The molecule has 2 heterocycles. The minimum absolute atomic E-state index is 0. The number of esters is 1. The summed E-state index contributed by atoms with van der Waals surface area (Å²) >= 11 is 6.01. The number of benzene rings is 2. The molecule has 0 fully saturated rings. The molecular weight excluding hydrogens is 739 g/mol. The molecule has 0 aliphatic heterocycles. The Morgan fingerprint density at radius 3 is 2.14 bits per heavy atom. The second-order valence-electron chi connectivity index (χ2n) is 7.00. The second kappa shape index (κ2) is 13.8. The van der Waals surface area contributed by atoms with Crippen molar-refractivity contribution in [1.29, 1.82) is 0 Å². The fourth-order valence-electron chi connectivity index (χ4n) is 2.70.